The number of benzene rings is 2. The van der Waals surface area contributed by atoms with Crippen molar-refractivity contribution < 1.29 is 5.11 Å². The number of hydrogen-bond acceptors (Lipinski definition) is 3. The van der Waals surface area contributed by atoms with Crippen LogP contribution in [0, 0.1) is 18.3 Å². The predicted molar refractivity (Wildman–Crippen MR) is 76.3 cm³/mol. The lowest BCUT2D eigenvalue weighted by Crippen LogP contribution is -2.02. The first-order valence-corrected chi connectivity index (χ1v) is 6.20. The number of rotatable bonds is 3. The van der Waals surface area contributed by atoms with Crippen molar-refractivity contribution >= 4 is 17.3 Å². The number of halogens is 1. The summed E-state index contributed by atoms with van der Waals surface area (Å²) in [6.45, 7) is 2.36. The number of aryl methyl sites for hydroxylation is 1. The Morgan fingerprint density at radius 3 is 2.79 bits per heavy atom. The van der Waals surface area contributed by atoms with Crippen LogP contribution < -0.4 is 5.32 Å². The normalized spacial score (nSPS) is 9.95. The van der Waals surface area contributed by atoms with Crippen LogP contribution in [-0.2, 0) is 6.54 Å². The minimum Gasteiger partial charge on any atom is -0.508 e. The van der Waals surface area contributed by atoms with Gasteiger partial charge in [0.1, 0.15) is 5.75 Å². The van der Waals surface area contributed by atoms with Crippen LogP contribution in [0.5, 0.6) is 5.75 Å². The average molecular weight is 273 g/mol. The molecule has 0 heterocycles. The number of phenolic OH excluding ortho intramolecular Hbond substituents is 1. The van der Waals surface area contributed by atoms with Gasteiger partial charge in [-0.1, -0.05) is 23.7 Å². The van der Waals surface area contributed by atoms with Gasteiger partial charge in [0.25, 0.3) is 0 Å². The van der Waals surface area contributed by atoms with E-state index in [1.54, 1.807) is 30.3 Å². The minimum absolute atomic E-state index is 0.161. The maximum atomic E-state index is 9.76. The summed E-state index contributed by atoms with van der Waals surface area (Å²) < 4.78 is 0. The summed E-state index contributed by atoms with van der Waals surface area (Å²) in [6, 6.07) is 12.6. The first kappa shape index (κ1) is 13.3. The lowest BCUT2D eigenvalue weighted by molar-refractivity contribution is 0.469. The van der Waals surface area contributed by atoms with Crippen LogP contribution in [0.25, 0.3) is 0 Å². The average Bonchev–Trinajstić information content (AvgIpc) is 2.40. The summed E-state index contributed by atoms with van der Waals surface area (Å²) in [4.78, 5) is 0. The van der Waals surface area contributed by atoms with Gasteiger partial charge in [0.2, 0.25) is 0 Å². The highest BCUT2D eigenvalue weighted by atomic mass is 35.5. The van der Waals surface area contributed by atoms with Crippen LogP contribution in [0.2, 0.25) is 5.02 Å². The highest BCUT2D eigenvalue weighted by Crippen LogP contribution is 2.26. The van der Waals surface area contributed by atoms with Crippen molar-refractivity contribution in [3.63, 3.8) is 0 Å². The maximum Gasteiger partial charge on any atom is 0.122 e. The molecular formula is C15H13ClN2O. The van der Waals surface area contributed by atoms with Crippen molar-refractivity contribution in [2.24, 2.45) is 0 Å². The molecule has 0 saturated carbocycles. The fraction of sp³-hybridized carbons (Fsp3) is 0.133. The van der Waals surface area contributed by atoms with E-state index in [1.807, 2.05) is 13.0 Å². The van der Waals surface area contributed by atoms with E-state index < -0.39 is 0 Å². The molecule has 0 fully saturated rings. The van der Waals surface area contributed by atoms with Crippen LogP contribution in [0.15, 0.2) is 36.4 Å². The topological polar surface area (TPSA) is 56.0 Å². The lowest BCUT2D eigenvalue weighted by Gasteiger charge is -2.12. The number of nitrogens with one attached hydrogen (secondary N) is 1. The fourth-order valence-corrected chi connectivity index (χ4v) is 2.02. The second kappa shape index (κ2) is 5.64. The number of anilines is 1. The van der Waals surface area contributed by atoms with Gasteiger partial charge in [-0.15, -0.1) is 0 Å². The molecule has 0 amide bonds. The van der Waals surface area contributed by atoms with Crippen molar-refractivity contribution in [3.8, 4) is 11.8 Å². The zero-order valence-electron chi connectivity index (χ0n) is 10.4. The molecule has 0 atom stereocenters. The molecule has 0 unspecified atom stereocenters. The summed E-state index contributed by atoms with van der Waals surface area (Å²) in [5.74, 6) is 0.161. The van der Waals surface area contributed by atoms with E-state index in [-0.39, 0.29) is 5.75 Å². The van der Waals surface area contributed by atoms with Crippen molar-refractivity contribution in [1.29, 1.82) is 5.26 Å². The SMILES string of the molecule is Cc1ccc(C#N)cc1NCc1c(O)cccc1Cl. The number of hydrogen-bond donors (Lipinski definition) is 2. The highest BCUT2D eigenvalue weighted by Gasteiger charge is 2.07. The first-order chi connectivity index (χ1) is 9.11. The largest absolute Gasteiger partial charge is 0.508 e. The second-order valence-electron chi connectivity index (χ2n) is 4.23. The summed E-state index contributed by atoms with van der Waals surface area (Å²) >= 11 is 6.04. The molecule has 0 bridgehead atoms. The molecule has 0 radical (unpaired) electrons. The molecule has 96 valence electrons. The molecule has 3 nitrogen and oxygen atoms in total. The summed E-state index contributed by atoms with van der Waals surface area (Å²) in [6.07, 6.45) is 0. The minimum atomic E-state index is 0.161. The highest BCUT2D eigenvalue weighted by molar-refractivity contribution is 6.31. The fourth-order valence-electron chi connectivity index (χ4n) is 1.79. The second-order valence-corrected chi connectivity index (χ2v) is 4.64. The summed E-state index contributed by atoms with van der Waals surface area (Å²) in [5.41, 5.74) is 3.13. The quantitative estimate of drug-likeness (QED) is 0.893. The Balaban J connectivity index is 2.22. The van der Waals surface area contributed by atoms with Crippen LogP contribution in [0.3, 0.4) is 0 Å². The van der Waals surface area contributed by atoms with E-state index in [2.05, 4.69) is 11.4 Å². The van der Waals surface area contributed by atoms with Gasteiger partial charge in [0, 0.05) is 22.8 Å². The van der Waals surface area contributed by atoms with Gasteiger partial charge in [-0.3, -0.25) is 0 Å². The van der Waals surface area contributed by atoms with E-state index in [0.717, 1.165) is 11.3 Å². The monoisotopic (exact) mass is 272 g/mol. The first-order valence-electron chi connectivity index (χ1n) is 5.83. The molecular weight excluding hydrogens is 260 g/mol. The molecule has 0 aromatic heterocycles. The molecule has 2 aromatic rings. The Morgan fingerprint density at radius 2 is 2.11 bits per heavy atom. The van der Waals surface area contributed by atoms with Gasteiger partial charge in [-0.2, -0.15) is 5.26 Å². The summed E-state index contributed by atoms with van der Waals surface area (Å²) in [7, 11) is 0. The molecule has 19 heavy (non-hydrogen) atoms. The van der Waals surface area contributed by atoms with E-state index in [9.17, 15) is 5.11 Å². The number of aromatic hydroxyl groups is 1. The maximum absolute atomic E-state index is 9.76. The van der Waals surface area contributed by atoms with Crippen LogP contribution in [0.1, 0.15) is 16.7 Å². The third kappa shape index (κ3) is 2.98. The van der Waals surface area contributed by atoms with E-state index >= 15 is 0 Å². The van der Waals surface area contributed by atoms with Gasteiger partial charge < -0.3 is 10.4 Å². The van der Waals surface area contributed by atoms with E-state index in [4.69, 9.17) is 16.9 Å². The van der Waals surface area contributed by atoms with Gasteiger partial charge in [-0.05, 0) is 36.8 Å². The third-order valence-corrected chi connectivity index (χ3v) is 3.27. The molecule has 2 rings (SSSR count). The van der Waals surface area contributed by atoms with Crippen molar-refractivity contribution in [1.82, 2.24) is 0 Å². The number of nitriles is 1. The molecule has 2 aromatic carbocycles. The Labute approximate surface area is 117 Å². The van der Waals surface area contributed by atoms with E-state index in [1.165, 1.54) is 0 Å². The number of nitrogens with zero attached hydrogens (tertiary/aromatic N) is 1. The molecule has 0 aliphatic carbocycles. The Morgan fingerprint density at radius 1 is 1.32 bits per heavy atom. The Hall–Kier alpha value is -2.18. The van der Waals surface area contributed by atoms with Crippen LogP contribution in [-0.4, -0.2) is 5.11 Å². The van der Waals surface area contributed by atoms with Crippen molar-refractivity contribution in [2.45, 2.75) is 13.5 Å². The summed E-state index contributed by atoms with van der Waals surface area (Å²) in [5, 5.41) is 22.4. The Kier molecular flexibility index (Phi) is 3.94. The molecule has 0 saturated heterocycles. The van der Waals surface area contributed by atoms with Crippen LogP contribution >= 0.6 is 11.6 Å². The zero-order valence-corrected chi connectivity index (χ0v) is 11.2. The molecule has 0 aliphatic rings. The standard InChI is InChI=1S/C15H13ClN2O/c1-10-5-6-11(8-17)7-14(10)18-9-12-13(16)3-2-4-15(12)19/h2-7,18-19H,9H2,1H3. The van der Waals surface area contributed by atoms with Gasteiger partial charge in [0.05, 0.1) is 11.6 Å². The van der Waals surface area contributed by atoms with Crippen molar-refractivity contribution in [3.05, 3.63) is 58.1 Å². The number of phenols is 1. The van der Waals surface area contributed by atoms with Crippen LogP contribution in [0.4, 0.5) is 5.69 Å². The van der Waals surface area contributed by atoms with Gasteiger partial charge >= 0.3 is 0 Å². The van der Waals surface area contributed by atoms with Crippen molar-refractivity contribution in [2.75, 3.05) is 5.32 Å². The van der Waals surface area contributed by atoms with Gasteiger partial charge in [-0.25, -0.2) is 0 Å². The third-order valence-electron chi connectivity index (χ3n) is 2.92. The molecule has 4 heteroatoms. The molecule has 0 aliphatic heterocycles. The smallest absolute Gasteiger partial charge is 0.122 e. The predicted octanol–water partition coefficient (Wildman–Crippen LogP) is 3.84. The zero-order chi connectivity index (χ0) is 13.8. The van der Waals surface area contributed by atoms with E-state index in [0.29, 0.717) is 22.7 Å². The molecule has 0 spiro atoms. The lowest BCUT2D eigenvalue weighted by atomic mass is 10.1. The Bertz CT molecular complexity index is 627. The molecule has 2 N–H and O–H groups in total. The van der Waals surface area contributed by atoms with Gasteiger partial charge in [0.15, 0.2) is 0 Å².